The van der Waals surface area contributed by atoms with Gasteiger partial charge >= 0.3 is 0 Å². The van der Waals surface area contributed by atoms with Gasteiger partial charge in [0.05, 0.1) is 23.5 Å². The maximum atomic E-state index is 13.3. The average Bonchev–Trinajstić information content (AvgIpc) is 3.57. The maximum absolute atomic E-state index is 13.3. The van der Waals surface area contributed by atoms with Crippen LogP contribution in [0.25, 0.3) is 10.9 Å². The first-order valence-corrected chi connectivity index (χ1v) is 12.1. The Hall–Kier alpha value is -3.49. The lowest BCUT2D eigenvalue weighted by molar-refractivity contribution is -0.135. The van der Waals surface area contributed by atoms with Crippen LogP contribution in [0.3, 0.4) is 0 Å². The van der Waals surface area contributed by atoms with Crippen LogP contribution in [0.5, 0.6) is 5.75 Å². The average molecular weight is 461 g/mol. The normalized spacial score (nSPS) is 23.7. The predicted octanol–water partition coefficient (Wildman–Crippen LogP) is 2.09. The first kappa shape index (κ1) is 21.1. The maximum Gasteiger partial charge on any atom is 0.272 e. The van der Waals surface area contributed by atoms with Crippen LogP contribution < -0.4 is 4.74 Å². The minimum Gasteiger partial charge on any atom is -0.493 e. The van der Waals surface area contributed by atoms with Crippen LogP contribution in [-0.4, -0.2) is 74.8 Å². The van der Waals surface area contributed by atoms with E-state index in [9.17, 15) is 9.59 Å². The number of aromatic nitrogens is 4. The van der Waals surface area contributed by atoms with Crippen molar-refractivity contribution in [2.45, 2.75) is 26.2 Å². The molecule has 1 aromatic carbocycles. The zero-order valence-electron chi connectivity index (χ0n) is 19.2. The third kappa shape index (κ3) is 3.59. The van der Waals surface area contributed by atoms with Gasteiger partial charge < -0.3 is 14.5 Å². The Morgan fingerprint density at radius 2 is 1.79 bits per heavy atom. The van der Waals surface area contributed by atoms with E-state index in [4.69, 9.17) is 4.74 Å². The van der Waals surface area contributed by atoms with Crippen molar-refractivity contribution in [1.82, 2.24) is 30.2 Å². The number of para-hydroxylation sites is 1. The van der Waals surface area contributed by atoms with Crippen LogP contribution >= 0.6 is 0 Å². The van der Waals surface area contributed by atoms with Gasteiger partial charge in [0.25, 0.3) is 5.91 Å². The molecule has 0 spiro atoms. The number of ether oxygens (including phenoxy) is 1. The molecule has 9 nitrogen and oxygen atoms in total. The molecule has 3 aliphatic rings. The number of benzene rings is 1. The summed E-state index contributed by atoms with van der Waals surface area (Å²) in [7, 11) is 0. The van der Waals surface area contributed by atoms with Crippen molar-refractivity contribution in [3.05, 3.63) is 47.4 Å². The molecular formula is C25H28N6O3. The number of rotatable bonds is 4. The molecule has 2 aliphatic heterocycles. The molecule has 2 fully saturated rings. The Kier molecular flexibility index (Phi) is 5.19. The molecule has 2 aromatic heterocycles. The Morgan fingerprint density at radius 3 is 2.59 bits per heavy atom. The standard InChI is InChI=1S/C25H28N6O3/c1-2-34-23-10-22(26-19-6-4-3-5-18(19)23)25(33)31-13-16-11-30(12-17(16)14-31)24(32)15-7-8-20-21(9-15)28-29-27-20/h3-6,10,15-17H,2,7-9,11-14H2,1H3,(H,27,28,29)/t15?,16-,17-/m0/s1. The summed E-state index contributed by atoms with van der Waals surface area (Å²) in [5.74, 6) is 1.45. The smallest absolute Gasteiger partial charge is 0.272 e. The number of nitrogens with one attached hydrogen (secondary N) is 1. The van der Waals surface area contributed by atoms with Crippen molar-refractivity contribution in [1.29, 1.82) is 0 Å². The second-order valence-electron chi connectivity index (χ2n) is 9.59. The molecule has 6 rings (SSSR count). The summed E-state index contributed by atoms with van der Waals surface area (Å²) in [6.45, 7) is 5.20. The van der Waals surface area contributed by atoms with E-state index in [1.54, 1.807) is 6.07 Å². The van der Waals surface area contributed by atoms with Gasteiger partial charge in [-0.3, -0.25) is 9.59 Å². The van der Waals surface area contributed by atoms with Crippen molar-refractivity contribution < 1.29 is 14.3 Å². The second kappa shape index (κ2) is 8.38. The van der Waals surface area contributed by atoms with Crippen LogP contribution in [0, 0.1) is 17.8 Å². The minimum absolute atomic E-state index is 0.0204. The van der Waals surface area contributed by atoms with Crippen LogP contribution in [0.15, 0.2) is 30.3 Å². The fraction of sp³-hybridized carbons (Fsp3) is 0.480. The van der Waals surface area contributed by atoms with Gasteiger partial charge in [-0.25, -0.2) is 4.98 Å². The van der Waals surface area contributed by atoms with E-state index in [0.29, 0.717) is 62.5 Å². The molecule has 3 aromatic rings. The van der Waals surface area contributed by atoms with Gasteiger partial charge in [0.2, 0.25) is 5.91 Å². The lowest BCUT2D eigenvalue weighted by Crippen LogP contribution is -2.40. The zero-order valence-corrected chi connectivity index (χ0v) is 19.2. The van der Waals surface area contributed by atoms with E-state index < -0.39 is 0 Å². The predicted molar refractivity (Wildman–Crippen MR) is 124 cm³/mol. The van der Waals surface area contributed by atoms with E-state index in [1.165, 1.54) is 0 Å². The fourth-order valence-corrected chi connectivity index (χ4v) is 5.78. The fourth-order valence-electron chi connectivity index (χ4n) is 5.78. The van der Waals surface area contributed by atoms with Crippen LogP contribution in [0.2, 0.25) is 0 Å². The molecule has 2 amide bonds. The quantitative estimate of drug-likeness (QED) is 0.639. The molecule has 1 unspecified atom stereocenters. The monoisotopic (exact) mass is 460 g/mol. The van der Waals surface area contributed by atoms with Crippen molar-refractivity contribution in [3.8, 4) is 5.75 Å². The third-order valence-corrected chi connectivity index (χ3v) is 7.50. The van der Waals surface area contributed by atoms with Gasteiger partial charge in [-0.1, -0.05) is 12.1 Å². The number of hydrogen-bond acceptors (Lipinski definition) is 6. The van der Waals surface area contributed by atoms with E-state index in [2.05, 4.69) is 20.4 Å². The van der Waals surface area contributed by atoms with Crippen LogP contribution in [-0.2, 0) is 17.6 Å². The molecule has 1 aliphatic carbocycles. The molecule has 34 heavy (non-hydrogen) atoms. The number of H-pyrrole nitrogens is 1. The summed E-state index contributed by atoms with van der Waals surface area (Å²) < 4.78 is 5.80. The molecule has 9 heteroatoms. The minimum atomic E-state index is -0.0650. The number of carbonyl (C=O) groups is 2. The number of pyridine rings is 1. The summed E-state index contributed by atoms with van der Waals surface area (Å²) in [4.78, 5) is 35.1. The van der Waals surface area contributed by atoms with Gasteiger partial charge in [0.15, 0.2) is 0 Å². The number of hydrogen-bond donors (Lipinski definition) is 1. The Morgan fingerprint density at radius 1 is 1.06 bits per heavy atom. The number of aryl methyl sites for hydroxylation is 1. The summed E-state index contributed by atoms with van der Waals surface area (Å²) >= 11 is 0. The first-order chi connectivity index (χ1) is 16.6. The highest BCUT2D eigenvalue weighted by Gasteiger charge is 2.44. The second-order valence-corrected chi connectivity index (χ2v) is 9.59. The molecule has 0 radical (unpaired) electrons. The van der Waals surface area contributed by atoms with Crippen LogP contribution in [0.1, 0.15) is 35.2 Å². The van der Waals surface area contributed by atoms with Crippen molar-refractivity contribution >= 4 is 22.7 Å². The zero-order chi connectivity index (χ0) is 23.2. The molecule has 0 saturated carbocycles. The first-order valence-electron chi connectivity index (χ1n) is 12.1. The Bertz CT molecular complexity index is 1240. The van der Waals surface area contributed by atoms with Crippen molar-refractivity contribution in [3.63, 3.8) is 0 Å². The Balaban J connectivity index is 1.13. The van der Waals surface area contributed by atoms with Gasteiger partial charge in [0.1, 0.15) is 11.4 Å². The number of carbonyl (C=O) groups excluding carboxylic acids is 2. The van der Waals surface area contributed by atoms with Gasteiger partial charge in [0, 0.05) is 61.8 Å². The van der Waals surface area contributed by atoms with E-state index in [0.717, 1.165) is 35.1 Å². The summed E-state index contributed by atoms with van der Waals surface area (Å²) in [6, 6.07) is 9.49. The van der Waals surface area contributed by atoms with Crippen molar-refractivity contribution in [2.24, 2.45) is 17.8 Å². The molecule has 2 saturated heterocycles. The lowest BCUT2D eigenvalue weighted by atomic mass is 9.89. The highest BCUT2D eigenvalue weighted by molar-refractivity contribution is 5.97. The number of fused-ring (bicyclic) bond motifs is 3. The molecule has 1 N–H and O–H groups in total. The highest BCUT2D eigenvalue weighted by Crippen LogP contribution is 2.35. The van der Waals surface area contributed by atoms with E-state index in [1.807, 2.05) is 41.0 Å². The lowest BCUT2D eigenvalue weighted by Gasteiger charge is -2.27. The van der Waals surface area contributed by atoms with Gasteiger partial charge in [-0.05, 0) is 31.9 Å². The number of nitrogens with zero attached hydrogens (tertiary/aromatic N) is 5. The highest BCUT2D eigenvalue weighted by atomic mass is 16.5. The van der Waals surface area contributed by atoms with E-state index >= 15 is 0 Å². The molecule has 176 valence electrons. The summed E-state index contributed by atoms with van der Waals surface area (Å²) in [5, 5.41) is 12.0. The summed E-state index contributed by atoms with van der Waals surface area (Å²) in [5.41, 5.74) is 3.10. The SMILES string of the molecule is CCOc1cc(C(=O)N2C[C@@H]3CN(C(=O)C4CCc5n[nH]nc5C4)C[C@H]3C2)nc2ccccc12. The topological polar surface area (TPSA) is 104 Å². The third-order valence-electron chi connectivity index (χ3n) is 7.50. The van der Waals surface area contributed by atoms with Gasteiger partial charge in [-0.15, -0.1) is 0 Å². The molecule has 3 atom stereocenters. The van der Waals surface area contributed by atoms with E-state index in [-0.39, 0.29) is 17.7 Å². The largest absolute Gasteiger partial charge is 0.493 e. The molecule has 0 bridgehead atoms. The van der Waals surface area contributed by atoms with Gasteiger partial charge in [-0.2, -0.15) is 15.4 Å². The Labute approximate surface area is 197 Å². The summed E-state index contributed by atoms with van der Waals surface area (Å²) in [6.07, 6.45) is 2.29. The molecule has 4 heterocycles. The van der Waals surface area contributed by atoms with Crippen molar-refractivity contribution in [2.75, 3.05) is 32.8 Å². The number of amides is 2. The number of aromatic amines is 1. The van der Waals surface area contributed by atoms with Crippen LogP contribution in [0.4, 0.5) is 0 Å². The number of likely N-dealkylation sites (tertiary alicyclic amines) is 2. The molecular weight excluding hydrogens is 432 g/mol.